The lowest BCUT2D eigenvalue weighted by atomic mass is 9.80. The normalized spacial score (nSPS) is 23.1. The number of carbonyl (C=O) groups is 2. The fourth-order valence-corrected chi connectivity index (χ4v) is 4.87. The van der Waals surface area contributed by atoms with E-state index in [-0.39, 0.29) is 20.7 Å². The number of amides is 1. The number of nitrogens with zero attached hydrogens (tertiary/aromatic N) is 2. The van der Waals surface area contributed by atoms with E-state index < -0.39 is 24.2 Å². The molecule has 0 aliphatic carbocycles. The molecule has 1 saturated heterocycles. The van der Waals surface area contributed by atoms with Crippen LogP contribution < -0.4 is 4.90 Å². The van der Waals surface area contributed by atoms with Crippen molar-refractivity contribution in [2.24, 2.45) is 0 Å². The lowest BCUT2D eigenvalue weighted by Crippen LogP contribution is -2.45. The first kappa shape index (κ1) is 19.8. The fraction of sp³-hybridized carbons (Fsp3) is 0.421. The molecule has 0 saturated carbocycles. The Labute approximate surface area is 167 Å². The minimum atomic E-state index is -1.15. The van der Waals surface area contributed by atoms with Crippen molar-refractivity contribution in [2.45, 2.75) is 38.6 Å². The summed E-state index contributed by atoms with van der Waals surface area (Å²) in [7, 11) is 1.96. The number of aliphatic carboxylic acids is 1. The van der Waals surface area contributed by atoms with Crippen molar-refractivity contribution in [1.29, 1.82) is 0 Å². The number of rotatable bonds is 3. The molecule has 1 aromatic rings. The van der Waals surface area contributed by atoms with Crippen LogP contribution in [-0.4, -0.2) is 45.3 Å². The summed E-state index contributed by atoms with van der Waals surface area (Å²) < 4.78 is 15.0. The van der Waals surface area contributed by atoms with Gasteiger partial charge in [-0.3, -0.25) is 14.5 Å². The van der Waals surface area contributed by atoms with Gasteiger partial charge in [0.1, 0.15) is 16.7 Å². The molecule has 144 valence electrons. The number of fused-ring (bicyclic) bond motifs is 1. The second-order valence-electron chi connectivity index (χ2n) is 7.57. The van der Waals surface area contributed by atoms with E-state index in [0.717, 1.165) is 34.3 Å². The molecule has 2 heterocycles. The van der Waals surface area contributed by atoms with E-state index in [1.54, 1.807) is 6.07 Å². The molecule has 0 radical (unpaired) electrons. The number of carboxylic acid groups (broad SMARTS) is 1. The number of thiocarbonyl (C=S) groups is 1. The second kappa shape index (κ2) is 6.91. The molecule has 2 aliphatic rings. The van der Waals surface area contributed by atoms with Gasteiger partial charge in [0, 0.05) is 23.8 Å². The highest BCUT2D eigenvalue weighted by Crippen LogP contribution is 2.44. The maximum atomic E-state index is 14.8. The lowest BCUT2D eigenvalue weighted by molar-refractivity contribution is -0.140. The summed E-state index contributed by atoms with van der Waals surface area (Å²) in [5, 5.41) is 8.91. The van der Waals surface area contributed by atoms with Crippen LogP contribution >= 0.6 is 24.0 Å². The molecule has 0 bridgehead atoms. The van der Waals surface area contributed by atoms with Crippen molar-refractivity contribution >= 4 is 51.9 Å². The van der Waals surface area contributed by atoms with Crippen LogP contribution in [0.1, 0.15) is 44.2 Å². The second-order valence-corrected chi connectivity index (χ2v) is 9.25. The van der Waals surface area contributed by atoms with E-state index >= 15 is 0 Å². The number of carboxylic acids is 1. The monoisotopic (exact) mass is 408 g/mol. The fourth-order valence-electron chi connectivity index (χ4n) is 3.63. The summed E-state index contributed by atoms with van der Waals surface area (Å²) in [6.07, 6.45) is 2.39. The van der Waals surface area contributed by atoms with E-state index in [9.17, 15) is 14.0 Å². The molecule has 0 aromatic heterocycles. The Kier molecular flexibility index (Phi) is 5.07. The molecular formula is C19H21FN2O3S2. The van der Waals surface area contributed by atoms with E-state index in [2.05, 4.69) is 25.7 Å². The molecule has 8 heteroatoms. The number of thioether (sulfide) groups is 1. The molecule has 1 aromatic carbocycles. The van der Waals surface area contributed by atoms with Gasteiger partial charge in [-0.05, 0) is 50.0 Å². The van der Waals surface area contributed by atoms with Gasteiger partial charge < -0.3 is 10.0 Å². The Morgan fingerprint density at radius 1 is 1.48 bits per heavy atom. The Balaban J connectivity index is 1.99. The molecule has 2 aliphatic heterocycles. The molecule has 27 heavy (non-hydrogen) atoms. The van der Waals surface area contributed by atoms with Gasteiger partial charge in [0.05, 0.1) is 4.91 Å². The van der Waals surface area contributed by atoms with Crippen LogP contribution in [0, 0.1) is 5.82 Å². The maximum Gasteiger partial charge on any atom is 0.323 e. The predicted octanol–water partition coefficient (Wildman–Crippen LogP) is 3.83. The van der Waals surface area contributed by atoms with E-state index in [1.807, 2.05) is 7.05 Å². The number of halogens is 1. The average Bonchev–Trinajstić information content (AvgIpc) is 2.81. The molecule has 1 atom stereocenters. The number of benzene rings is 1. The lowest BCUT2D eigenvalue weighted by Gasteiger charge is -2.45. The maximum absolute atomic E-state index is 14.8. The summed E-state index contributed by atoms with van der Waals surface area (Å²) in [5.41, 5.74) is 2.13. The zero-order valence-electron chi connectivity index (χ0n) is 15.6. The average molecular weight is 409 g/mol. The minimum Gasteiger partial charge on any atom is -0.480 e. The molecule has 1 fully saturated rings. The zero-order valence-corrected chi connectivity index (χ0v) is 17.2. The smallest absolute Gasteiger partial charge is 0.323 e. The molecule has 1 unspecified atom stereocenters. The van der Waals surface area contributed by atoms with Crippen LogP contribution in [-0.2, 0) is 9.59 Å². The van der Waals surface area contributed by atoms with Gasteiger partial charge in [-0.1, -0.05) is 30.9 Å². The van der Waals surface area contributed by atoms with Gasteiger partial charge in [0.25, 0.3) is 5.91 Å². The largest absolute Gasteiger partial charge is 0.480 e. The number of anilines is 1. The Morgan fingerprint density at radius 2 is 2.15 bits per heavy atom. The molecule has 3 rings (SSSR count). The van der Waals surface area contributed by atoms with Crippen molar-refractivity contribution in [3.63, 3.8) is 0 Å². The number of hydrogen-bond donors (Lipinski definition) is 1. The van der Waals surface area contributed by atoms with E-state index in [4.69, 9.17) is 17.3 Å². The first-order valence-electron chi connectivity index (χ1n) is 8.55. The van der Waals surface area contributed by atoms with Crippen LogP contribution in [0.15, 0.2) is 17.0 Å². The van der Waals surface area contributed by atoms with Crippen LogP contribution in [0.3, 0.4) is 0 Å². The summed E-state index contributed by atoms with van der Waals surface area (Å²) in [4.78, 5) is 26.6. The molecular weight excluding hydrogens is 387 g/mol. The van der Waals surface area contributed by atoms with Crippen LogP contribution in [0.4, 0.5) is 10.1 Å². The SMILES string of the molecule is CC1CC(C)(C)N(C)c2cc(F)c(/C=C3\SC(=S)N(CC(=O)O)C3=O)cc21. The van der Waals surface area contributed by atoms with E-state index in [0.29, 0.717) is 5.56 Å². The van der Waals surface area contributed by atoms with Gasteiger partial charge in [-0.15, -0.1) is 0 Å². The topological polar surface area (TPSA) is 60.9 Å². The molecule has 5 nitrogen and oxygen atoms in total. The van der Waals surface area contributed by atoms with Crippen molar-refractivity contribution in [1.82, 2.24) is 4.90 Å². The van der Waals surface area contributed by atoms with Crippen molar-refractivity contribution < 1.29 is 19.1 Å². The molecule has 1 amide bonds. The third-order valence-electron chi connectivity index (χ3n) is 5.21. The van der Waals surface area contributed by atoms with Crippen molar-refractivity contribution in [2.75, 3.05) is 18.5 Å². The highest BCUT2D eigenvalue weighted by molar-refractivity contribution is 8.26. The predicted molar refractivity (Wildman–Crippen MR) is 109 cm³/mol. The number of hydrogen-bond acceptors (Lipinski definition) is 5. The third kappa shape index (κ3) is 3.60. The van der Waals surface area contributed by atoms with Crippen LogP contribution in [0.5, 0.6) is 0 Å². The van der Waals surface area contributed by atoms with Gasteiger partial charge in [0.2, 0.25) is 0 Å². The van der Waals surface area contributed by atoms with Crippen LogP contribution in [0.2, 0.25) is 0 Å². The highest BCUT2D eigenvalue weighted by atomic mass is 32.2. The summed E-state index contributed by atoms with van der Waals surface area (Å²) in [6.45, 7) is 5.88. The van der Waals surface area contributed by atoms with Crippen LogP contribution in [0.25, 0.3) is 6.08 Å². The first-order chi connectivity index (χ1) is 12.5. The highest BCUT2D eigenvalue weighted by Gasteiger charge is 2.36. The Bertz CT molecular complexity index is 882. The van der Waals surface area contributed by atoms with Crippen molar-refractivity contribution in [3.8, 4) is 0 Å². The van der Waals surface area contributed by atoms with E-state index in [1.165, 1.54) is 12.1 Å². The van der Waals surface area contributed by atoms with Gasteiger partial charge in [-0.2, -0.15) is 0 Å². The zero-order chi connectivity index (χ0) is 20.1. The standard InChI is InChI=1S/C19H21FN2O3S2/c1-10-8-19(2,3)21(4)14-7-13(20)11(5-12(10)14)6-15-17(25)22(9-16(23)24)18(26)27-15/h5-7,10H,8-9H2,1-4H3,(H,23,24)/b15-6-. The number of carbonyl (C=O) groups excluding carboxylic acids is 1. The summed E-state index contributed by atoms with van der Waals surface area (Å²) in [5.74, 6) is -1.82. The van der Waals surface area contributed by atoms with Gasteiger partial charge in [0.15, 0.2) is 0 Å². The summed E-state index contributed by atoms with van der Waals surface area (Å²) >= 11 is 6.08. The Hall–Kier alpha value is -1.93. The quantitative estimate of drug-likeness (QED) is 0.606. The summed E-state index contributed by atoms with van der Waals surface area (Å²) in [6, 6.07) is 3.29. The third-order valence-corrected chi connectivity index (χ3v) is 6.58. The molecule has 1 N–H and O–H groups in total. The van der Waals surface area contributed by atoms with Crippen molar-refractivity contribution in [3.05, 3.63) is 34.0 Å². The first-order valence-corrected chi connectivity index (χ1v) is 9.78. The molecule has 0 spiro atoms. The van der Waals surface area contributed by atoms with Gasteiger partial charge in [-0.25, -0.2) is 4.39 Å². The minimum absolute atomic E-state index is 0.0698. The van der Waals surface area contributed by atoms with Gasteiger partial charge >= 0.3 is 5.97 Å². The Morgan fingerprint density at radius 3 is 2.78 bits per heavy atom.